The van der Waals surface area contributed by atoms with E-state index in [0.29, 0.717) is 0 Å². The third-order valence-electron chi connectivity index (χ3n) is 3.36. The van der Waals surface area contributed by atoms with E-state index in [-0.39, 0.29) is 5.91 Å². The number of amides is 1. The van der Waals surface area contributed by atoms with Crippen LogP contribution in [0.2, 0.25) is 0 Å². The highest BCUT2D eigenvalue weighted by Gasteiger charge is 2.06. The van der Waals surface area contributed by atoms with Crippen LogP contribution in [-0.2, 0) is 24.8 Å². The van der Waals surface area contributed by atoms with Crippen molar-refractivity contribution in [1.82, 2.24) is 9.78 Å². The molecule has 1 heterocycles. The van der Waals surface area contributed by atoms with Gasteiger partial charge in [0.25, 0.3) is 0 Å². The first-order chi connectivity index (χ1) is 9.99. The van der Waals surface area contributed by atoms with Gasteiger partial charge in [-0.15, -0.1) is 0 Å². The number of nitrogens with zero attached hydrogens (tertiary/aromatic N) is 2. The molecule has 1 amide bonds. The summed E-state index contributed by atoms with van der Waals surface area (Å²) in [5.41, 5.74) is 5.18. The van der Waals surface area contributed by atoms with Crippen LogP contribution in [0, 0.1) is 6.92 Å². The molecule has 5 heteroatoms. The Morgan fingerprint density at radius 1 is 1.38 bits per heavy atom. The standard InChI is InChI=1S/C16H22N4O/c1-5-15-13(10-20(4)19-15)9-17-14-7-6-11(2)16(8-14)18-12(3)21/h6-8,10,17H,5,9H2,1-4H3,(H,18,21). The van der Waals surface area contributed by atoms with Gasteiger partial charge >= 0.3 is 0 Å². The van der Waals surface area contributed by atoms with Gasteiger partial charge in [0.15, 0.2) is 0 Å². The van der Waals surface area contributed by atoms with Crippen LogP contribution in [0.1, 0.15) is 30.7 Å². The maximum Gasteiger partial charge on any atom is 0.221 e. The molecule has 2 rings (SSSR count). The Balaban J connectivity index is 2.11. The van der Waals surface area contributed by atoms with Gasteiger partial charge in [0.1, 0.15) is 0 Å². The lowest BCUT2D eigenvalue weighted by Crippen LogP contribution is -2.08. The number of aryl methyl sites for hydroxylation is 3. The SMILES string of the molecule is CCc1nn(C)cc1CNc1ccc(C)c(NC(C)=O)c1. The van der Waals surface area contributed by atoms with Crippen molar-refractivity contribution in [3.8, 4) is 0 Å². The molecule has 0 atom stereocenters. The maximum atomic E-state index is 11.2. The maximum absolute atomic E-state index is 11.2. The largest absolute Gasteiger partial charge is 0.381 e. The minimum atomic E-state index is -0.0595. The van der Waals surface area contributed by atoms with Gasteiger partial charge in [-0.05, 0) is 31.0 Å². The van der Waals surface area contributed by atoms with Crippen LogP contribution >= 0.6 is 0 Å². The van der Waals surface area contributed by atoms with Crippen LogP contribution in [0.5, 0.6) is 0 Å². The van der Waals surface area contributed by atoms with Crippen LogP contribution in [0.4, 0.5) is 11.4 Å². The summed E-state index contributed by atoms with van der Waals surface area (Å²) in [5.74, 6) is -0.0595. The van der Waals surface area contributed by atoms with Gasteiger partial charge in [0.2, 0.25) is 5.91 Å². The molecule has 2 N–H and O–H groups in total. The molecular weight excluding hydrogens is 264 g/mol. The molecule has 0 bridgehead atoms. The van der Waals surface area contributed by atoms with E-state index >= 15 is 0 Å². The molecule has 0 fully saturated rings. The minimum absolute atomic E-state index is 0.0595. The highest BCUT2D eigenvalue weighted by molar-refractivity contribution is 5.90. The van der Waals surface area contributed by atoms with Gasteiger partial charge in [-0.2, -0.15) is 5.10 Å². The quantitative estimate of drug-likeness (QED) is 0.888. The zero-order chi connectivity index (χ0) is 15.4. The van der Waals surface area contributed by atoms with E-state index in [1.165, 1.54) is 12.5 Å². The number of nitrogens with one attached hydrogen (secondary N) is 2. The number of hydrogen-bond donors (Lipinski definition) is 2. The first kappa shape index (κ1) is 15.1. The third-order valence-corrected chi connectivity index (χ3v) is 3.36. The minimum Gasteiger partial charge on any atom is -0.381 e. The Labute approximate surface area is 125 Å². The zero-order valence-corrected chi connectivity index (χ0v) is 13.0. The summed E-state index contributed by atoms with van der Waals surface area (Å²) in [6, 6.07) is 5.97. The van der Waals surface area contributed by atoms with Gasteiger partial charge in [0.05, 0.1) is 5.69 Å². The summed E-state index contributed by atoms with van der Waals surface area (Å²) >= 11 is 0. The third kappa shape index (κ3) is 3.84. The van der Waals surface area contributed by atoms with E-state index in [2.05, 4.69) is 22.7 Å². The number of anilines is 2. The second kappa shape index (κ2) is 6.43. The molecule has 5 nitrogen and oxygen atoms in total. The molecule has 0 spiro atoms. The molecule has 1 aromatic heterocycles. The van der Waals surface area contributed by atoms with Crippen molar-refractivity contribution in [2.75, 3.05) is 10.6 Å². The first-order valence-corrected chi connectivity index (χ1v) is 7.13. The number of aromatic nitrogens is 2. The summed E-state index contributed by atoms with van der Waals surface area (Å²) in [6.07, 6.45) is 2.96. The lowest BCUT2D eigenvalue weighted by Gasteiger charge is -2.11. The van der Waals surface area contributed by atoms with Crippen molar-refractivity contribution in [3.05, 3.63) is 41.2 Å². The molecule has 0 aliphatic rings. The van der Waals surface area contributed by atoms with Crippen molar-refractivity contribution in [2.45, 2.75) is 33.7 Å². The zero-order valence-electron chi connectivity index (χ0n) is 13.0. The monoisotopic (exact) mass is 286 g/mol. The topological polar surface area (TPSA) is 59.0 Å². The number of rotatable bonds is 5. The van der Waals surface area contributed by atoms with E-state index in [9.17, 15) is 4.79 Å². The van der Waals surface area contributed by atoms with Crippen LogP contribution in [0.25, 0.3) is 0 Å². The van der Waals surface area contributed by atoms with Gasteiger partial charge in [-0.3, -0.25) is 9.48 Å². The van der Waals surface area contributed by atoms with Gasteiger partial charge in [-0.25, -0.2) is 0 Å². The van der Waals surface area contributed by atoms with Crippen molar-refractivity contribution in [2.24, 2.45) is 7.05 Å². The molecule has 21 heavy (non-hydrogen) atoms. The van der Waals surface area contributed by atoms with Crippen LogP contribution in [0.15, 0.2) is 24.4 Å². The van der Waals surface area contributed by atoms with E-state index in [4.69, 9.17) is 0 Å². The molecule has 0 saturated carbocycles. The number of carbonyl (C=O) groups is 1. The van der Waals surface area contributed by atoms with E-state index in [1.807, 2.05) is 43.0 Å². The Kier molecular flexibility index (Phi) is 4.62. The second-order valence-corrected chi connectivity index (χ2v) is 5.19. The molecule has 0 radical (unpaired) electrons. The fraction of sp³-hybridized carbons (Fsp3) is 0.375. The Bertz CT molecular complexity index is 646. The number of hydrogen-bond acceptors (Lipinski definition) is 3. The Morgan fingerprint density at radius 3 is 2.81 bits per heavy atom. The van der Waals surface area contributed by atoms with Crippen LogP contribution < -0.4 is 10.6 Å². The van der Waals surface area contributed by atoms with E-state index in [1.54, 1.807) is 0 Å². The molecular formula is C16H22N4O. The lowest BCUT2D eigenvalue weighted by atomic mass is 10.1. The Morgan fingerprint density at radius 2 is 2.14 bits per heavy atom. The van der Waals surface area contributed by atoms with Crippen molar-refractivity contribution in [1.29, 1.82) is 0 Å². The summed E-state index contributed by atoms with van der Waals surface area (Å²) in [7, 11) is 1.93. The number of benzene rings is 1. The van der Waals surface area contributed by atoms with Crippen LogP contribution in [0.3, 0.4) is 0 Å². The molecule has 1 aromatic carbocycles. The van der Waals surface area contributed by atoms with Crippen molar-refractivity contribution in [3.63, 3.8) is 0 Å². The van der Waals surface area contributed by atoms with Gasteiger partial charge in [-0.1, -0.05) is 13.0 Å². The van der Waals surface area contributed by atoms with Crippen molar-refractivity contribution < 1.29 is 4.79 Å². The number of carbonyl (C=O) groups excluding carboxylic acids is 1. The molecule has 0 aliphatic heterocycles. The van der Waals surface area contributed by atoms with Gasteiger partial charge in [0, 0.05) is 43.7 Å². The summed E-state index contributed by atoms with van der Waals surface area (Å²) in [6.45, 7) is 6.32. The fourth-order valence-electron chi connectivity index (χ4n) is 2.28. The average molecular weight is 286 g/mol. The normalized spacial score (nSPS) is 10.5. The average Bonchev–Trinajstić information content (AvgIpc) is 2.79. The highest BCUT2D eigenvalue weighted by atomic mass is 16.1. The first-order valence-electron chi connectivity index (χ1n) is 7.13. The molecule has 0 aliphatic carbocycles. The van der Waals surface area contributed by atoms with Gasteiger partial charge < -0.3 is 10.6 Å². The molecule has 0 saturated heterocycles. The van der Waals surface area contributed by atoms with Crippen LogP contribution in [-0.4, -0.2) is 15.7 Å². The molecule has 0 unspecified atom stereocenters. The smallest absolute Gasteiger partial charge is 0.221 e. The highest BCUT2D eigenvalue weighted by Crippen LogP contribution is 2.21. The molecule has 2 aromatic rings. The summed E-state index contributed by atoms with van der Waals surface area (Å²) in [5, 5.41) is 10.7. The molecule has 112 valence electrons. The summed E-state index contributed by atoms with van der Waals surface area (Å²) in [4.78, 5) is 11.2. The fourth-order valence-corrected chi connectivity index (χ4v) is 2.28. The predicted octanol–water partition coefficient (Wildman–Crippen LogP) is 2.86. The van der Waals surface area contributed by atoms with E-state index in [0.717, 1.165) is 35.6 Å². The summed E-state index contributed by atoms with van der Waals surface area (Å²) < 4.78 is 1.84. The predicted molar refractivity (Wildman–Crippen MR) is 85.4 cm³/mol. The van der Waals surface area contributed by atoms with Crippen molar-refractivity contribution >= 4 is 17.3 Å². The lowest BCUT2D eigenvalue weighted by molar-refractivity contribution is -0.114. The second-order valence-electron chi connectivity index (χ2n) is 5.19. The van der Waals surface area contributed by atoms with E-state index < -0.39 is 0 Å². The Hall–Kier alpha value is -2.30.